The van der Waals surface area contributed by atoms with E-state index in [1.165, 1.54) is 13.8 Å². The molecule has 0 saturated heterocycles. The second-order valence-electron chi connectivity index (χ2n) is 7.56. The number of rotatable bonds is 5. The highest BCUT2D eigenvalue weighted by Crippen LogP contribution is 2.39. The molecule has 2 aromatic carbocycles. The number of nitrogens with zero attached hydrogens (tertiary/aromatic N) is 1. The molecule has 0 radical (unpaired) electrons. The molecule has 170 valence electrons. The van der Waals surface area contributed by atoms with Crippen molar-refractivity contribution in [3.63, 3.8) is 0 Å². The van der Waals surface area contributed by atoms with Gasteiger partial charge in [0.05, 0.1) is 17.5 Å². The number of aromatic hydroxyl groups is 1. The van der Waals surface area contributed by atoms with Crippen LogP contribution in [-0.4, -0.2) is 27.7 Å². The Bertz CT molecular complexity index is 1230. The van der Waals surface area contributed by atoms with Crippen LogP contribution in [0, 0.1) is 30.2 Å². The molecule has 5 nitrogen and oxygen atoms in total. The molecule has 2 unspecified atom stereocenters. The third-order valence-corrected chi connectivity index (χ3v) is 5.46. The number of carbonyl (C=O) groups excluding carboxylic acids is 2. The summed E-state index contributed by atoms with van der Waals surface area (Å²) in [6.45, 7) is 6.31. The smallest absolute Gasteiger partial charge is 0.313 e. The lowest BCUT2D eigenvalue weighted by Gasteiger charge is -2.16. The van der Waals surface area contributed by atoms with Crippen molar-refractivity contribution in [3.05, 3.63) is 64.4 Å². The highest BCUT2D eigenvalue weighted by atomic mass is 19.2. The van der Waals surface area contributed by atoms with Gasteiger partial charge in [0.15, 0.2) is 29.0 Å². The number of halogens is 4. The number of hydrogen-bond donors (Lipinski definition) is 1. The molecule has 0 aliphatic carbocycles. The van der Waals surface area contributed by atoms with Crippen LogP contribution in [-0.2, 0) is 9.53 Å². The summed E-state index contributed by atoms with van der Waals surface area (Å²) in [6.07, 6.45) is 0.117. The molecule has 9 heteroatoms. The molecular formula is C23H21F4NO4. The fourth-order valence-corrected chi connectivity index (χ4v) is 3.56. The minimum absolute atomic E-state index is 0.0111. The molecule has 0 fully saturated rings. The molecule has 3 rings (SSSR count). The van der Waals surface area contributed by atoms with Crippen molar-refractivity contribution in [2.45, 2.75) is 46.1 Å². The monoisotopic (exact) mass is 451 g/mol. The van der Waals surface area contributed by atoms with Gasteiger partial charge in [0.2, 0.25) is 0 Å². The van der Waals surface area contributed by atoms with Crippen molar-refractivity contribution in [1.82, 2.24) is 4.57 Å². The number of carbonyl (C=O) groups is 2. The molecule has 0 bridgehead atoms. The van der Waals surface area contributed by atoms with E-state index in [2.05, 4.69) is 0 Å². The van der Waals surface area contributed by atoms with E-state index in [9.17, 15) is 32.3 Å². The Morgan fingerprint density at radius 3 is 2.31 bits per heavy atom. The molecule has 0 amide bonds. The predicted molar refractivity (Wildman–Crippen MR) is 109 cm³/mol. The van der Waals surface area contributed by atoms with Crippen molar-refractivity contribution in [1.29, 1.82) is 0 Å². The Labute approximate surface area is 181 Å². The molecule has 0 aliphatic rings. The Hall–Kier alpha value is -3.36. The largest absolute Gasteiger partial charge is 0.503 e. The summed E-state index contributed by atoms with van der Waals surface area (Å²) in [6, 6.07) is 3.19. The molecule has 0 aliphatic heterocycles. The number of esters is 1. The maximum absolute atomic E-state index is 15.0. The highest BCUT2D eigenvalue weighted by Gasteiger charge is 2.32. The summed E-state index contributed by atoms with van der Waals surface area (Å²) >= 11 is 0. The minimum Gasteiger partial charge on any atom is -0.503 e. The Morgan fingerprint density at radius 2 is 1.72 bits per heavy atom. The van der Waals surface area contributed by atoms with Crippen LogP contribution in [0.1, 0.15) is 54.7 Å². The lowest BCUT2D eigenvalue weighted by molar-refractivity contribution is -0.149. The molecule has 32 heavy (non-hydrogen) atoms. The lowest BCUT2D eigenvalue weighted by atomic mass is 9.97. The van der Waals surface area contributed by atoms with Gasteiger partial charge in [-0.2, -0.15) is 0 Å². The van der Waals surface area contributed by atoms with E-state index < -0.39 is 52.9 Å². The molecule has 3 aromatic rings. The van der Waals surface area contributed by atoms with Crippen LogP contribution in [0.25, 0.3) is 10.9 Å². The summed E-state index contributed by atoms with van der Waals surface area (Å²) in [4.78, 5) is 25.8. The number of ether oxygens (including phenoxy) is 1. The second-order valence-corrected chi connectivity index (χ2v) is 7.56. The zero-order valence-corrected chi connectivity index (χ0v) is 17.8. The quantitative estimate of drug-likeness (QED) is 0.420. The first kappa shape index (κ1) is 23.3. The fraction of sp³-hybridized carbons (Fsp3) is 0.304. The summed E-state index contributed by atoms with van der Waals surface area (Å²) in [5.74, 6) is -9.06. The van der Waals surface area contributed by atoms with Crippen LogP contribution in [0.15, 0.2) is 24.3 Å². The third-order valence-electron chi connectivity index (χ3n) is 5.46. The van der Waals surface area contributed by atoms with Crippen molar-refractivity contribution >= 4 is 22.8 Å². The van der Waals surface area contributed by atoms with Gasteiger partial charge in [-0.3, -0.25) is 14.2 Å². The van der Waals surface area contributed by atoms with Gasteiger partial charge < -0.3 is 9.84 Å². The van der Waals surface area contributed by atoms with Gasteiger partial charge in [-0.15, -0.1) is 0 Å². The number of hydrogen-bond acceptors (Lipinski definition) is 4. The molecule has 2 atom stereocenters. The van der Waals surface area contributed by atoms with E-state index in [1.807, 2.05) is 0 Å². The van der Waals surface area contributed by atoms with Gasteiger partial charge >= 0.3 is 5.97 Å². The van der Waals surface area contributed by atoms with Gasteiger partial charge in [-0.25, -0.2) is 17.6 Å². The van der Waals surface area contributed by atoms with E-state index in [-0.39, 0.29) is 27.7 Å². The van der Waals surface area contributed by atoms with Crippen molar-refractivity contribution in [2.24, 2.45) is 0 Å². The van der Waals surface area contributed by atoms with Crippen LogP contribution in [0.2, 0.25) is 0 Å². The van der Waals surface area contributed by atoms with E-state index in [0.29, 0.717) is 12.5 Å². The highest BCUT2D eigenvalue weighted by molar-refractivity contribution is 6.05. The zero-order valence-electron chi connectivity index (χ0n) is 17.8. The Kier molecular flexibility index (Phi) is 6.29. The van der Waals surface area contributed by atoms with E-state index in [1.54, 1.807) is 13.8 Å². The van der Waals surface area contributed by atoms with E-state index in [4.69, 9.17) is 4.74 Å². The summed E-state index contributed by atoms with van der Waals surface area (Å²) in [7, 11) is 0. The molecule has 0 saturated carbocycles. The molecule has 0 spiro atoms. The van der Waals surface area contributed by atoms with Gasteiger partial charge in [0.25, 0.3) is 5.91 Å². The Morgan fingerprint density at radius 1 is 1.06 bits per heavy atom. The normalized spacial score (nSPS) is 13.2. The minimum atomic E-state index is -1.35. The number of fused-ring (bicyclic) bond motifs is 1. The topological polar surface area (TPSA) is 68.5 Å². The first-order valence-corrected chi connectivity index (χ1v) is 9.91. The SMILES string of the molecule is CCC(C)OC(=O)C(C)c1c(C)n(C(=O)c2ccc(F)c(F)c2)c2cc(F)c(O)c(F)c12. The molecular weight excluding hydrogens is 430 g/mol. The molecule has 1 heterocycles. The van der Waals surface area contributed by atoms with Gasteiger partial charge in [0.1, 0.15) is 0 Å². The summed E-state index contributed by atoms with van der Waals surface area (Å²) in [5, 5.41) is 9.46. The maximum Gasteiger partial charge on any atom is 0.313 e. The van der Waals surface area contributed by atoms with E-state index >= 15 is 0 Å². The third kappa shape index (κ3) is 3.83. The zero-order chi connectivity index (χ0) is 23.9. The van der Waals surface area contributed by atoms with Crippen molar-refractivity contribution in [2.75, 3.05) is 0 Å². The first-order chi connectivity index (χ1) is 15.0. The van der Waals surface area contributed by atoms with Gasteiger partial charge in [-0.1, -0.05) is 6.92 Å². The Balaban J connectivity index is 2.28. The fourth-order valence-electron chi connectivity index (χ4n) is 3.56. The number of benzene rings is 2. The average Bonchev–Trinajstić information content (AvgIpc) is 3.04. The average molecular weight is 451 g/mol. The molecule has 1 N–H and O–H groups in total. The standard InChI is InChI=1S/C23H21F4NO4/c1-5-10(2)32-23(31)11(3)18-12(4)28(17-9-16(26)21(29)20(27)19(17)18)22(30)13-6-7-14(24)15(25)8-13/h6-11,29H,5H2,1-4H3. The summed E-state index contributed by atoms with van der Waals surface area (Å²) in [5.41, 5.74) is -0.480. The number of aromatic nitrogens is 1. The number of phenolic OH excluding ortho intramolecular Hbond substituents is 1. The first-order valence-electron chi connectivity index (χ1n) is 9.91. The van der Waals surface area contributed by atoms with E-state index in [0.717, 1.165) is 22.8 Å². The lowest BCUT2D eigenvalue weighted by Crippen LogP contribution is -2.20. The van der Waals surface area contributed by atoms with Crippen LogP contribution < -0.4 is 0 Å². The maximum atomic E-state index is 15.0. The van der Waals surface area contributed by atoms with Gasteiger partial charge in [0, 0.05) is 22.7 Å². The van der Waals surface area contributed by atoms with Gasteiger partial charge in [-0.05, 0) is 51.0 Å². The number of phenols is 1. The summed E-state index contributed by atoms with van der Waals surface area (Å²) < 4.78 is 62.4. The predicted octanol–water partition coefficient (Wildman–Crippen LogP) is 5.35. The second kappa shape index (κ2) is 8.64. The van der Waals surface area contributed by atoms with Crippen LogP contribution in [0.4, 0.5) is 17.6 Å². The van der Waals surface area contributed by atoms with Crippen LogP contribution in [0.5, 0.6) is 5.75 Å². The molecule has 1 aromatic heterocycles. The van der Waals surface area contributed by atoms with Crippen LogP contribution in [0.3, 0.4) is 0 Å². The van der Waals surface area contributed by atoms with Crippen molar-refractivity contribution in [3.8, 4) is 5.75 Å². The van der Waals surface area contributed by atoms with Crippen molar-refractivity contribution < 1.29 is 37.0 Å². The van der Waals surface area contributed by atoms with Crippen LogP contribution >= 0.6 is 0 Å².